The van der Waals surface area contributed by atoms with Gasteiger partial charge in [0.15, 0.2) is 0 Å². The van der Waals surface area contributed by atoms with Crippen molar-refractivity contribution in [1.29, 1.82) is 0 Å². The van der Waals surface area contributed by atoms with E-state index in [9.17, 15) is 4.79 Å². The molecule has 0 atom stereocenters. The van der Waals surface area contributed by atoms with Gasteiger partial charge in [0.05, 0.1) is 0 Å². The third-order valence-electron chi connectivity index (χ3n) is 1.49. The van der Waals surface area contributed by atoms with Crippen LogP contribution in [-0.4, -0.2) is 17.4 Å². The van der Waals surface area contributed by atoms with Crippen LogP contribution < -0.4 is 0 Å². The Hall–Kier alpha value is -0.790. The van der Waals surface area contributed by atoms with Gasteiger partial charge in [-0.05, 0) is 13.3 Å². The Morgan fingerprint density at radius 1 is 1.55 bits per heavy atom. The molecule has 1 amide bonds. The molecule has 0 fully saturated rings. The number of rotatable bonds is 4. The van der Waals surface area contributed by atoms with Crippen molar-refractivity contribution >= 4 is 5.91 Å². The standard InChI is InChI=1S/C9H17NO/c1-4-6-8-10(7-5-2)9(3)11/h5,7H,4,6,8H2,1-3H3/b7-5+. The van der Waals surface area contributed by atoms with Crippen LogP contribution in [0.2, 0.25) is 0 Å². The SMILES string of the molecule is C/C=C/N(CCCC)C(C)=O. The number of amides is 1. The smallest absolute Gasteiger partial charge is 0.223 e. The van der Waals surface area contributed by atoms with E-state index >= 15 is 0 Å². The highest BCUT2D eigenvalue weighted by molar-refractivity contribution is 5.74. The lowest BCUT2D eigenvalue weighted by Gasteiger charge is -2.14. The van der Waals surface area contributed by atoms with Crippen molar-refractivity contribution in [2.75, 3.05) is 6.54 Å². The first-order valence-electron chi connectivity index (χ1n) is 4.12. The minimum atomic E-state index is 0.122. The van der Waals surface area contributed by atoms with Crippen LogP contribution in [0, 0.1) is 0 Å². The molecule has 0 N–H and O–H groups in total. The molecule has 0 aliphatic heterocycles. The summed E-state index contributed by atoms with van der Waals surface area (Å²) in [5.74, 6) is 0.122. The number of nitrogens with zero attached hydrogens (tertiary/aromatic N) is 1. The molecule has 0 aromatic carbocycles. The van der Waals surface area contributed by atoms with Gasteiger partial charge in [-0.1, -0.05) is 19.4 Å². The number of carbonyl (C=O) groups excluding carboxylic acids is 1. The van der Waals surface area contributed by atoms with Crippen LogP contribution in [0.15, 0.2) is 12.3 Å². The molecule has 0 aromatic rings. The topological polar surface area (TPSA) is 20.3 Å². The maximum Gasteiger partial charge on any atom is 0.223 e. The molecule has 0 aliphatic carbocycles. The van der Waals surface area contributed by atoms with Gasteiger partial charge in [-0.25, -0.2) is 0 Å². The van der Waals surface area contributed by atoms with E-state index in [4.69, 9.17) is 0 Å². The lowest BCUT2D eigenvalue weighted by atomic mass is 10.3. The molecule has 11 heavy (non-hydrogen) atoms. The predicted octanol–water partition coefficient (Wildman–Crippen LogP) is 2.17. The van der Waals surface area contributed by atoms with E-state index in [2.05, 4.69) is 6.92 Å². The van der Waals surface area contributed by atoms with Crippen LogP contribution >= 0.6 is 0 Å². The van der Waals surface area contributed by atoms with Crippen molar-refractivity contribution in [3.05, 3.63) is 12.3 Å². The number of unbranched alkanes of at least 4 members (excludes halogenated alkanes) is 1. The molecule has 0 rings (SSSR count). The number of carbonyl (C=O) groups is 1. The molecule has 0 aromatic heterocycles. The summed E-state index contributed by atoms with van der Waals surface area (Å²) in [5, 5.41) is 0. The van der Waals surface area contributed by atoms with Crippen molar-refractivity contribution in [3.63, 3.8) is 0 Å². The summed E-state index contributed by atoms with van der Waals surface area (Å²) in [6, 6.07) is 0. The van der Waals surface area contributed by atoms with Gasteiger partial charge < -0.3 is 4.90 Å². The second kappa shape index (κ2) is 5.96. The van der Waals surface area contributed by atoms with Crippen molar-refractivity contribution in [2.45, 2.75) is 33.6 Å². The zero-order valence-corrected chi connectivity index (χ0v) is 7.63. The highest BCUT2D eigenvalue weighted by atomic mass is 16.2. The Kier molecular flexibility index (Phi) is 5.53. The average molecular weight is 155 g/mol. The second-order valence-electron chi connectivity index (χ2n) is 2.55. The molecular formula is C9H17NO. The van der Waals surface area contributed by atoms with Gasteiger partial charge >= 0.3 is 0 Å². The first-order valence-corrected chi connectivity index (χ1v) is 4.12. The van der Waals surface area contributed by atoms with Gasteiger partial charge in [0.2, 0.25) is 5.91 Å². The lowest BCUT2D eigenvalue weighted by molar-refractivity contribution is -0.126. The maximum atomic E-state index is 10.9. The predicted molar refractivity (Wildman–Crippen MR) is 47.1 cm³/mol. The van der Waals surface area contributed by atoms with Crippen molar-refractivity contribution in [3.8, 4) is 0 Å². The summed E-state index contributed by atoms with van der Waals surface area (Å²) in [4.78, 5) is 12.7. The molecule has 0 heterocycles. The Balaban J connectivity index is 3.79. The van der Waals surface area contributed by atoms with Crippen molar-refractivity contribution in [1.82, 2.24) is 4.90 Å². The fourth-order valence-corrected chi connectivity index (χ4v) is 0.845. The number of hydrogen-bond acceptors (Lipinski definition) is 1. The summed E-state index contributed by atoms with van der Waals surface area (Å²) < 4.78 is 0. The Morgan fingerprint density at radius 3 is 2.55 bits per heavy atom. The van der Waals surface area contributed by atoms with Crippen LogP contribution in [0.1, 0.15) is 33.6 Å². The number of allylic oxidation sites excluding steroid dienone is 1. The van der Waals surface area contributed by atoms with Gasteiger partial charge in [0.25, 0.3) is 0 Å². The van der Waals surface area contributed by atoms with Crippen LogP contribution in [0.25, 0.3) is 0 Å². The van der Waals surface area contributed by atoms with Gasteiger partial charge in [0.1, 0.15) is 0 Å². The highest BCUT2D eigenvalue weighted by Crippen LogP contribution is 1.96. The van der Waals surface area contributed by atoms with E-state index in [1.807, 2.05) is 19.2 Å². The van der Waals surface area contributed by atoms with Crippen LogP contribution in [0.3, 0.4) is 0 Å². The molecule has 0 saturated carbocycles. The van der Waals surface area contributed by atoms with Gasteiger partial charge in [0, 0.05) is 19.7 Å². The molecule has 0 spiro atoms. The fourth-order valence-electron chi connectivity index (χ4n) is 0.845. The monoisotopic (exact) mass is 155 g/mol. The van der Waals surface area contributed by atoms with Gasteiger partial charge in [-0.2, -0.15) is 0 Å². The van der Waals surface area contributed by atoms with Crippen molar-refractivity contribution in [2.24, 2.45) is 0 Å². The Labute approximate surface area is 68.9 Å². The minimum absolute atomic E-state index is 0.122. The molecular weight excluding hydrogens is 138 g/mol. The second-order valence-corrected chi connectivity index (χ2v) is 2.55. The zero-order chi connectivity index (χ0) is 8.69. The molecule has 2 heteroatoms. The molecule has 0 unspecified atom stereocenters. The van der Waals surface area contributed by atoms with E-state index < -0.39 is 0 Å². The quantitative estimate of drug-likeness (QED) is 0.609. The van der Waals surface area contributed by atoms with E-state index in [1.165, 1.54) is 0 Å². The molecule has 0 bridgehead atoms. The van der Waals surface area contributed by atoms with Crippen molar-refractivity contribution < 1.29 is 4.79 Å². The van der Waals surface area contributed by atoms with E-state index in [1.54, 1.807) is 11.8 Å². The van der Waals surface area contributed by atoms with Crippen LogP contribution in [0.5, 0.6) is 0 Å². The summed E-state index contributed by atoms with van der Waals surface area (Å²) in [7, 11) is 0. The van der Waals surface area contributed by atoms with Crippen LogP contribution in [0.4, 0.5) is 0 Å². The third kappa shape index (κ3) is 4.59. The Morgan fingerprint density at radius 2 is 2.18 bits per heavy atom. The van der Waals surface area contributed by atoms with E-state index in [0.717, 1.165) is 19.4 Å². The first-order chi connectivity index (χ1) is 5.22. The summed E-state index contributed by atoms with van der Waals surface area (Å²) in [5.41, 5.74) is 0. The largest absolute Gasteiger partial charge is 0.320 e. The summed E-state index contributed by atoms with van der Waals surface area (Å²) >= 11 is 0. The van der Waals surface area contributed by atoms with Gasteiger partial charge in [-0.15, -0.1) is 0 Å². The maximum absolute atomic E-state index is 10.9. The molecule has 0 radical (unpaired) electrons. The third-order valence-corrected chi connectivity index (χ3v) is 1.49. The molecule has 0 aliphatic rings. The Bertz CT molecular complexity index is 140. The molecule has 0 saturated heterocycles. The zero-order valence-electron chi connectivity index (χ0n) is 7.63. The minimum Gasteiger partial charge on any atom is -0.320 e. The normalized spacial score (nSPS) is 10.5. The first kappa shape index (κ1) is 10.2. The van der Waals surface area contributed by atoms with Gasteiger partial charge in [-0.3, -0.25) is 4.79 Å². The lowest BCUT2D eigenvalue weighted by Crippen LogP contribution is -2.23. The summed E-state index contributed by atoms with van der Waals surface area (Å²) in [6.07, 6.45) is 5.92. The van der Waals surface area contributed by atoms with E-state index in [0.29, 0.717) is 0 Å². The molecule has 2 nitrogen and oxygen atoms in total. The highest BCUT2D eigenvalue weighted by Gasteiger charge is 2.01. The summed E-state index contributed by atoms with van der Waals surface area (Å²) in [6.45, 7) is 6.47. The van der Waals surface area contributed by atoms with E-state index in [-0.39, 0.29) is 5.91 Å². The van der Waals surface area contributed by atoms with Crippen LogP contribution in [-0.2, 0) is 4.79 Å². The molecule has 64 valence electrons. The number of hydrogen-bond donors (Lipinski definition) is 0. The fraction of sp³-hybridized carbons (Fsp3) is 0.667. The average Bonchev–Trinajstić information content (AvgIpc) is 1.97.